The molecule has 0 radical (unpaired) electrons. The molecule has 3 N–H and O–H groups in total. The summed E-state index contributed by atoms with van der Waals surface area (Å²) >= 11 is 0. The number of amides is 1. The standard InChI is InChI=1S/C7H15N3O2/c1-8-7(3-6(11)9-12)4-10(2)5-7/h8,12H,3-5H2,1-2H3,(H,9,11). The first kappa shape index (κ1) is 9.44. The fourth-order valence-corrected chi connectivity index (χ4v) is 1.69. The third kappa shape index (κ3) is 1.74. The van der Waals surface area contributed by atoms with Crippen molar-refractivity contribution in [3.05, 3.63) is 0 Å². The molecule has 0 atom stereocenters. The van der Waals surface area contributed by atoms with Crippen LogP contribution in [0.3, 0.4) is 0 Å². The Hall–Kier alpha value is -0.650. The summed E-state index contributed by atoms with van der Waals surface area (Å²) in [5, 5.41) is 11.4. The molecule has 0 aromatic carbocycles. The first-order valence-corrected chi connectivity index (χ1v) is 3.92. The molecule has 1 aliphatic rings. The average Bonchev–Trinajstić information content (AvgIpc) is 2.01. The Bertz CT molecular complexity index is 177. The van der Waals surface area contributed by atoms with Gasteiger partial charge >= 0.3 is 0 Å². The molecule has 0 bridgehead atoms. The second-order valence-corrected chi connectivity index (χ2v) is 3.41. The van der Waals surface area contributed by atoms with Crippen molar-refractivity contribution in [1.29, 1.82) is 0 Å². The van der Waals surface area contributed by atoms with Gasteiger partial charge in [-0.15, -0.1) is 0 Å². The molecule has 1 aliphatic heterocycles. The minimum atomic E-state index is -0.336. The summed E-state index contributed by atoms with van der Waals surface area (Å²) in [6, 6.07) is 0. The molecule has 12 heavy (non-hydrogen) atoms. The van der Waals surface area contributed by atoms with Crippen LogP contribution in [0.25, 0.3) is 0 Å². The van der Waals surface area contributed by atoms with Gasteiger partial charge in [-0.05, 0) is 14.1 Å². The van der Waals surface area contributed by atoms with E-state index in [1.165, 1.54) is 0 Å². The first-order valence-electron chi connectivity index (χ1n) is 3.92. The van der Waals surface area contributed by atoms with E-state index in [4.69, 9.17) is 5.21 Å². The van der Waals surface area contributed by atoms with Gasteiger partial charge in [0.05, 0.1) is 5.54 Å². The van der Waals surface area contributed by atoms with Crippen LogP contribution in [0.15, 0.2) is 0 Å². The molecule has 1 amide bonds. The molecule has 0 saturated carbocycles. The van der Waals surface area contributed by atoms with Gasteiger partial charge in [-0.3, -0.25) is 10.0 Å². The largest absolute Gasteiger partial charge is 0.312 e. The summed E-state index contributed by atoms with van der Waals surface area (Å²) in [5.74, 6) is -0.336. The molecule has 70 valence electrons. The number of hydroxylamine groups is 1. The molecule has 1 heterocycles. The first-order chi connectivity index (χ1) is 5.62. The van der Waals surface area contributed by atoms with E-state index in [2.05, 4.69) is 10.2 Å². The molecule has 0 aromatic rings. The second kappa shape index (κ2) is 3.38. The van der Waals surface area contributed by atoms with E-state index in [1.807, 2.05) is 14.1 Å². The van der Waals surface area contributed by atoms with E-state index in [1.54, 1.807) is 5.48 Å². The Kier molecular flexibility index (Phi) is 2.66. The highest BCUT2D eigenvalue weighted by atomic mass is 16.5. The highest BCUT2D eigenvalue weighted by molar-refractivity contribution is 5.76. The lowest BCUT2D eigenvalue weighted by molar-refractivity contribution is -0.132. The van der Waals surface area contributed by atoms with E-state index in [0.717, 1.165) is 13.1 Å². The van der Waals surface area contributed by atoms with Crippen LogP contribution in [0.5, 0.6) is 0 Å². The Balaban J connectivity index is 2.42. The molecule has 0 aromatic heterocycles. The van der Waals surface area contributed by atoms with Crippen molar-refractivity contribution in [3.63, 3.8) is 0 Å². The van der Waals surface area contributed by atoms with Crippen LogP contribution in [0.2, 0.25) is 0 Å². The molecule has 1 saturated heterocycles. The van der Waals surface area contributed by atoms with Gasteiger partial charge in [-0.25, -0.2) is 5.48 Å². The highest BCUT2D eigenvalue weighted by Gasteiger charge is 2.41. The van der Waals surface area contributed by atoms with Gasteiger partial charge in [0.25, 0.3) is 0 Å². The Morgan fingerprint density at radius 1 is 1.67 bits per heavy atom. The molecule has 5 nitrogen and oxygen atoms in total. The molecular formula is C7H15N3O2. The van der Waals surface area contributed by atoms with Gasteiger partial charge < -0.3 is 10.2 Å². The number of nitrogens with one attached hydrogen (secondary N) is 2. The minimum absolute atomic E-state index is 0.137. The number of likely N-dealkylation sites (tertiary alicyclic amines) is 1. The van der Waals surface area contributed by atoms with Gasteiger partial charge in [0.2, 0.25) is 5.91 Å². The maximum atomic E-state index is 10.9. The molecule has 0 aliphatic carbocycles. The maximum Gasteiger partial charge on any atom is 0.245 e. The summed E-state index contributed by atoms with van der Waals surface area (Å²) in [7, 11) is 3.82. The molecule has 1 fully saturated rings. The van der Waals surface area contributed by atoms with Crippen LogP contribution in [0.1, 0.15) is 6.42 Å². The van der Waals surface area contributed by atoms with E-state index in [0.29, 0.717) is 6.42 Å². The molecular weight excluding hydrogens is 158 g/mol. The van der Waals surface area contributed by atoms with Crippen molar-refractivity contribution in [2.75, 3.05) is 27.2 Å². The molecule has 5 heteroatoms. The number of carbonyl (C=O) groups excluding carboxylic acids is 1. The lowest BCUT2D eigenvalue weighted by Crippen LogP contribution is -2.68. The summed E-state index contributed by atoms with van der Waals surface area (Å²) in [4.78, 5) is 13.0. The number of nitrogens with zero attached hydrogens (tertiary/aromatic N) is 1. The number of rotatable bonds is 3. The highest BCUT2D eigenvalue weighted by Crippen LogP contribution is 2.21. The topological polar surface area (TPSA) is 64.6 Å². The smallest absolute Gasteiger partial charge is 0.245 e. The van der Waals surface area contributed by atoms with Crippen LogP contribution in [0, 0.1) is 0 Å². The third-order valence-electron chi connectivity index (χ3n) is 2.30. The fourth-order valence-electron chi connectivity index (χ4n) is 1.69. The summed E-state index contributed by atoms with van der Waals surface area (Å²) in [6.45, 7) is 1.69. The number of likely N-dealkylation sites (N-methyl/N-ethyl adjacent to an activating group) is 2. The number of carbonyl (C=O) groups is 1. The minimum Gasteiger partial charge on any atom is -0.312 e. The van der Waals surface area contributed by atoms with Gasteiger partial charge in [-0.1, -0.05) is 0 Å². The van der Waals surface area contributed by atoms with Crippen LogP contribution in [0.4, 0.5) is 0 Å². The van der Waals surface area contributed by atoms with E-state index >= 15 is 0 Å². The van der Waals surface area contributed by atoms with Crippen LogP contribution < -0.4 is 10.8 Å². The van der Waals surface area contributed by atoms with E-state index in [-0.39, 0.29) is 11.4 Å². The van der Waals surface area contributed by atoms with Gasteiger partial charge in [0.15, 0.2) is 0 Å². The quantitative estimate of drug-likeness (QED) is 0.370. The Morgan fingerprint density at radius 3 is 2.58 bits per heavy atom. The van der Waals surface area contributed by atoms with Gasteiger partial charge in [0.1, 0.15) is 0 Å². The van der Waals surface area contributed by atoms with Crippen molar-refractivity contribution < 1.29 is 10.0 Å². The summed E-state index contributed by atoms with van der Waals surface area (Å²) in [6.07, 6.45) is 0.324. The predicted molar refractivity (Wildman–Crippen MR) is 43.8 cm³/mol. The molecule has 0 spiro atoms. The van der Waals surface area contributed by atoms with Crippen molar-refractivity contribution >= 4 is 5.91 Å². The maximum absolute atomic E-state index is 10.9. The average molecular weight is 173 g/mol. The number of hydrogen-bond donors (Lipinski definition) is 3. The zero-order valence-corrected chi connectivity index (χ0v) is 7.42. The van der Waals surface area contributed by atoms with E-state index < -0.39 is 0 Å². The lowest BCUT2D eigenvalue weighted by Gasteiger charge is -2.48. The normalized spacial score (nSPS) is 21.6. The fraction of sp³-hybridized carbons (Fsp3) is 0.857. The lowest BCUT2D eigenvalue weighted by atomic mass is 9.87. The zero-order chi connectivity index (χ0) is 9.19. The second-order valence-electron chi connectivity index (χ2n) is 3.41. The summed E-state index contributed by atoms with van der Waals surface area (Å²) in [5.41, 5.74) is 1.50. The Labute approximate surface area is 71.7 Å². The predicted octanol–water partition coefficient (Wildman–Crippen LogP) is -1.21. The van der Waals surface area contributed by atoms with Crippen LogP contribution >= 0.6 is 0 Å². The third-order valence-corrected chi connectivity index (χ3v) is 2.30. The summed E-state index contributed by atoms with van der Waals surface area (Å²) < 4.78 is 0. The van der Waals surface area contributed by atoms with Crippen LogP contribution in [-0.2, 0) is 4.79 Å². The van der Waals surface area contributed by atoms with Crippen molar-refractivity contribution in [2.24, 2.45) is 0 Å². The van der Waals surface area contributed by atoms with E-state index in [9.17, 15) is 4.79 Å². The molecule has 0 unspecified atom stereocenters. The SMILES string of the molecule is CNC1(CC(=O)NO)CN(C)C1. The zero-order valence-electron chi connectivity index (χ0n) is 7.42. The van der Waals surface area contributed by atoms with Crippen LogP contribution in [-0.4, -0.2) is 48.7 Å². The van der Waals surface area contributed by atoms with Gasteiger partial charge in [0, 0.05) is 19.5 Å². The number of hydrogen-bond acceptors (Lipinski definition) is 4. The van der Waals surface area contributed by atoms with Gasteiger partial charge in [-0.2, -0.15) is 0 Å². The Morgan fingerprint density at radius 2 is 2.25 bits per heavy atom. The van der Waals surface area contributed by atoms with Crippen molar-refractivity contribution in [3.8, 4) is 0 Å². The molecule has 1 rings (SSSR count). The monoisotopic (exact) mass is 173 g/mol. The van der Waals surface area contributed by atoms with Crippen molar-refractivity contribution in [2.45, 2.75) is 12.0 Å². The van der Waals surface area contributed by atoms with Crippen molar-refractivity contribution in [1.82, 2.24) is 15.7 Å².